The van der Waals surface area contributed by atoms with Crippen molar-refractivity contribution in [2.75, 3.05) is 13.1 Å². The second-order valence-electron chi connectivity index (χ2n) is 6.11. The molecule has 0 aliphatic heterocycles. The Hall–Kier alpha value is 0.177. The Morgan fingerprint density at radius 3 is 1.53 bits per heavy atom. The van der Waals surface area contributed by atoms with Crippen LogP contribution in [0.15, 0.2) is 0 Å². The molecule has 0 atom stereocenters. The van der Waals surface area contributed by atoms with Crippen LogP contribution in [0.2, 0.25) is 18.1 Å². The third-order valence-electron chi connectivity index (χ3n) is 4.48. The first kappa shape index (κ1) is 19.2. The predicted octanol–water partition coefficient (Wildman–Crippen LogP) is 6.06. The van der Waals surface area contributed by atoms with Crippen molar-refractivity contribution in [3.05, 3.63) is 0 Å². The first-order chi connectivity index (χ1) is 9.20. The van der Waals surface area contributed by atoms with E-state index >= 15 is 0 Å². The average Bonchev–Trinajstić information content (AvgIpc) is 2.39. The topological polar surface area (TPSA) is 3.24 Å². The second kappa shape index (κ2) is 12.0. The second-order valence-corrected chi connectivity index (χ2v) is 10.7. The van der Waals surface area contributed by atoms with Gasteiger partial charge in [0.15, 0.2) is 0 Å². The van der Waals surface area contributed by atoms with Gasteiger partial charge in [-0.15, -0.1) is 0 Å². The van der Waals surface area contributed by atoms with Crippen LogP contribution in [-0.4, -0.2) is 25.9 Å². The minimum atomic E-state index is -1.15. The monoisotopic (exact) mass is 285 g/mol. The molecule has 0 aromatic rings. The van der Waals surface area contributed by atoms with Gasteiger partial charge in [0.05, 0.1) is 0 Å². The lowest BCUT2D eigenvalue weighted by atomic mass is 10.2. The molecule has 0 radical (unpaired) electrons. The third kappa shape index (κ3) is 6.94. The number of unbranched alkanes of at least 4 members (excludes halogenated alkanes) is 3. The quantitative estimate of drug-likeness (QED) is 0.293. The standard InChI is InChI=1S/C17H39NSi/c1-6-11-12-13-14-18(10-5)19(15-7-2,16-8-3)17-9-4/h6-17H2,1-5H3. The van der Waals surface area contributed by atoms with E-state index in [9.17, 15) is 0 Å². The molecule has 116 valence electrons. The number of hydrogen-bond donors (Lipinski definition) is 0. The van der Waals surface area contributed by atoms with Crippen molar-refractivity contribution < 1.29 is 0 Å². The number of rotatable bonds is 13. The van der Waals surface area contributed by atoms with Crippen LogP contribution in [0.1, 0.15) is 79.6 Å². The van der Waals surface area contributed by atoms with E-state index in [4.69, 9.17) is 0 Å². The van der Waals surface area contributed by atoms with Gasteiger partial charge in [0.1, 0.15) is 8.24 Å². The van der Waals surface area contributed by atoms with Crippen LogP contribution in [0.3, 0.4) is 0 Å². The third-order valence-corrected chi connectivity index (χ3v) is 10.7. The number of nitrogens with zero attached hydrogens (tertiary/aromatic N) is 1. The normalized spacial score (nSPS) is 12.3. The largest absolute Gasteiger partial charge is 0.324 e. The van der Waals surface area contributed by atoms with Crippen molar-refractivity contribution in [3.8, 4) is 0 Å². The minimum absolute atomic E-state index is 1.15. The van der Waals surface area contributed by atoms with Crippen LogP contribution in [0.25, 0.3) is 0 Å². The zero-order valence-corrected chi connectivity index (χ0v) is 15.4. The Balaban J connectivity index is 4.62. The average molecular weight is 286 g/mol. The molecule has 0 fully saturated rings. The molecule has 0 saturated carbocycles. The van der Waals surface area contributed by atoms with E-state index in [1.54, 1.807) is 0 Å². The van der Waals surface area contributed by atoms with E-state index in [-0.39, 0.29) is 0 Å². The summed E-state index contributed by atoms with van der Waals surface area (Å²) in [5, 5.41) is 0. The highest BCUT2D eigenvalue weighted by Crippen LogP contribution is 2.30. The Labute approximate surface area is 124 Å². The Bertz CT molecular complexity index is 177. The van der Waals surface area contributed by atoms with Crippen LogP contribution in [0.5, 0.6) is 0 Å². The van der Waals surface area contributed by atoms with E-state index < -0.39 is 8.24 Å². The summed E-state index contributed by atoms with van der Waals surface area (Å²) < 4.78 is 2.96. The van der Waals surface area contributed by atoms with E-state index in [1.165, 1.54) is 76.2 Å². The van der Waals surface area contributed by atoms with Crippen LogP contribution in [0, 0.1) is 0 Å². The molecule has 0 aliphatic carbocycles. The summed E-state index contributed by atoms with van der Waals surface area (Å²) in [6.07, 6.45) is 9.79. The summed E-state index contributed by atoms with van der Waals surface area (Å²) in [5.41, 5.74) is 0. The highest BCUT2D eigenvalue weighted by Gasteiger charge is 2.35. The summed E-state index contributed by atoms with van der Waals surface area (Å²) in [6.45, 7) is 14.5. The van der Waals surface area contributed by atoms with Gasteiger partial charge in [-0.3, -0.25) is 0 Å². The highest BCUT2D eigenvalue weighted by atomic mass is 28.3. The summed E-state index contributed by atoms with van der Waals surface area (Å²) in [4.78, 5) is 0. The van der Waals surface area contributed by atoms with Gasteiger partial charge >= 0.3 is 0 Å². The van der Waals surface area contributed by atoms with Gasteiger partial charge in [0.25, 0.3) is 0 Å². The first-order valence-corrected chi connectivity index (χ1v) is 11.5. The summed E-state index contributed by atoms with van der Waals surface area (Å²) in [6, 6.07) is 4.57. The molecule has 1 nitrogen and oxygen atoms in total. The van der Waals surface area contributed by atoms with Gasteiger partial charge in [-0.05, 0) is 37.6 Å². The summed E-state index contributed by atoms with van der Waals surface area (Å²) in [7, 11) is -1.15. The molecule has 0 spiro atoms. The van der Waals surface area contributed by atoms with E-state index in [2.05, 4.69) is 39.2 Å². The molecule has 2 heteroatoms. The van der Waals surface area contributed by atoms with Gasteiger partial charge in [-0.25, -0.2) is 0 Å². The first-order valence-electron chi connectivity index (χ1n) is 8.95. The van der Waals surface area contributed by atoms with Crippen LogP contribution >= 0.6 is 0 Å². The zero-order valence-electron chi connectivity index (χ0n) is 14.4. The van der Waals surface area contributed by atoms with Gasteiger partial charge in [0, 0.05) is 0 Å². The molecule has 0 aliphatic rings. The van der Waals surface area contributed by atoms with Crippen LogP contribution in [0.4, 0.5) is 0 Å². The zero-order chi connectivity index (χ0) is 14.6. The van der Waals surface area contributed by atoms with Crippen molar-refractivity contribution in [1.82, 2.24) is 4.57 Å². The Kier molecular flexibility index (Phi) is 12.1. The fourth-order valence-electron chi connectivity index (χ4n) is 3.71. The number of hydrogen-bond acceptors (Lipinski definition) is 1. The molecule has 0 saturated heterocycles. The highest BCUT2D eigenvalue weighted by molar-refractivity contribution is 6.77. The van der Waals surface area contributed by atoms with Crippen LogP contribution in [-0.2, 0) is 0 Å². The predicted molar refractivity (Wildman–Crippen MR) is 92.4 cm³/mol. The van der Waals surface area contributed by atoms with Crippen molar-refractivity contribution in [1.29, 1.82) is 0 Å². The Morgan fingerprint density at radius 1 is 0.632 bits per heavy atom. The molecule has 0 unspecified atom stereocenters. The van der Waals surface area contributed by atoms with Crippen molar-refractivity contribution >= 4 is 8.24 Å². The molecule has 19 heavy (non-hydrogen) atoms. The SMILES string of the molecule is CCCCCCN(CC)[Si](CCC)(CCC)CCC. The maximum Gasteiger partial charge on any atom is 0.128 e. The minimum Gasteiger partial charge on any atom is -0.324 e. The van der Waals surface area contributed by atoms with Crippen molar-refractivity contribution in [2.45, 2.75) is 97.7 Å². The lowest BCUT2D eigenvalue weighted by Crippen LogP contribution is -2.53. The lowest BCUT2D eigenvalue weighted by Gasteiger charge is -2.42. The van der Waals surface area contributed by atoms with Crippen molar-refractivity contribution in [2.24, 2.45) is 0 Å². The fraction of sp³-hybridized carbons (Fsp3) is 1.00. The molecule has 0 aromatic heterocycles. The van der Waals surface area contributed by atoms with E-state index in [0.29, 0.717) is 0 Å². The molecular weight excluding hydrogens is 246 g/mol. The van der Waals surface area contributed by atoms with Gasteiger partial charge in [-0.2, -0.15) is 0 Å². The van der Waals surface area contributed by atoms with Gasteiger partial charge in [0.2, 0.25) is 0 Å². The van der Waals surface area contributed by atoms with Crippen molar-refractivity contribution in [3.63, 3.8) is 0 Å². The molecule has 0 heterocycles. The smallest absolute Gasteiger partial charge is 0.128 e. The van der Waals surface area contributed by atoms with E-state index in [1.807, 2.05) is 0 Å². The molecule has 0 aromatic carbocycles. The Morgan fingerprint density at radius 2 is 1.16 bits per heavy atom. The molecular formula is C17H39NSi. The molecule has 0 bridgehead atoms. The maximum absolute atomic E-state index is 2.96. The van der Waals surface area contributed by atoms with Gasteiger partial charge in [-0.1, -0.05) is 73.1 Å². The van der Waals surface area contributed by atoms with E-state index in [0.717, 1.165) is 0 Å². The summed E-state index contributed by atoms with van der Waals surface area (Å²) >= 11 is 0. The maximum atomic E-state index is 2.96. The fourth-order valence-corrected chi connectivity index (χ4v) is 9.50. The molecule has 0 amide bonds. The van der Waals surface area contributed by atoms with Gasteiger partial charge < -0.3 is 4.57 Å². The summed E-state index contributed by atoms with van der Waals surface area (Å²) in [5.74, 6) is 0. The molecule has 0 rings (SSSR count). The lowest BCUT2D eigenvalue weighted by molar-refractivity contribution is 0.408. The van der Waals surface area contributed by atoms with Crippen LogP contribution < -0.4 is 0 Å². The molecule has 0 N–H and O–H groups in total.